The smallest absolute Gasteiger partial charge is 0.109 e. The standard InChI is InChI=1S/C8H8BrClFN/c9-6-2-1-5(3-7(6)10)8(12)4-11/h1-3,8H,4,12H2/t8-/m0/s1. The Morgan fingerprint density at radius 3 is 2.75 bits per heavy atom. The molecule has 1 rings (SSSR count). The van der Waals surface area contributed by atoms with Crippen LogP contribution in [0.5, 0.6) is 0 Å². The van der Waals surface area contributed by atoms with Crippen LogP contribution < -0.4 is 5.73 Å². The molecule has 1 atom stereocenters. The highest BCUT2D eigenvalue weighted by Crippen LogP contribution is 2.25. The Balaban J connectivity index is 2.96. The lowest BCUT2D eigenvalue weighted by Gasteiger charge is -2.07. The van der Waals surface area contributed by atoms with E-state index in [0.717, 1.165) is 4.47 Å². The van der Waals surface area contributed by atoms with Gasteiger partial charge in [0.25, 0.3) is 0 Å². The summed E-state index contributed by atoms with van der Waals surface area (Å²) in [4.78, 5) is 0. The number of hydrogen-bond acceptors (Lipinski definition) is 1. The van der Waals surface area contributed by atoms with E-state index in [1.165, 1.54) is 0 Å². The van der Waals surface area contributed by atoms with Crippen LogP contribution in [0.1, 0.15) is 11.6 Å². The van der Waals surface area contributed by atoms with Crippen molar-refractivity contribution in [1.82, 2.24) is 0 Å². The molecule has 0 aliphatic rings. The highest BCUT2D eigenvalue weighted by molar-refractivity contribution is 9.10. The zero-order chi connectivity index (χ0) is 9.14. The molecule has 0 saturated carbocycles. The van der Waals surface area contributed by atoms with Crippen molar-refractivity contribution in [2.45, 2.75) is 6.04 Å². The van der Waals surface area contributed by atoms with Gasteiger partial charge >= 0.3 is 0 Å². The predicted molar refractivity (Wildman–Crippen MR) is 52.1 cm³/mol. The van der Waals surface area contributed by atoms with Gasteiger partial charge in [-0.15, -0.1) is 0 Å². The third kappa shape index (κ3) is 2.19. The molecule has 0 spiro atoms. The quantitative estimate of drug-likeness (QED) is 0.860. The number of alkyl halides is 1. The highest BCUT2D eigenvalue weighted by Gasteiger charge is 2.06. The van der Waals surface area contributed by atoms with Crippen molar-refractivity contribution in [3.8, 4) is 0 Å². The minimum absolute atomic E-state index is 0.552. The second-order valence-electron chi connectivity index (χ2n) is 2.43. The van der Waals surface area contributed by atoms with Crippen LogP contribution in [0.15, 0.2) is 22.7 Å². The summed E-state index contributed by atoms with van der Waals surface area (Å²) in [7, 11) is 0. The Labute approximate surface area is 83.8 Å². The van der Waals surface area contributed by atoms with Crippen LogP contribution in [0.3, 0.4) is 0 Å². The number of hydrogen-bond donors (Lipinski definition) is 1. The normalized spacial score (nSPS) is 13.0. The van der Waals surface area contributed by atoms with Gasteiger partial charge < -0.3 is 5.73 Å². The summed E-state index contributed by atoms with van der Waals surface area (Å²) in [6, 6.07) is 4.60. The van der Waals surface area contributed by atoms with Gasteiger partial charge in [0.2, 0.25) is 0 Å². The van der Waals surface area contributed by atoms with Gasteiger partial charge in [-0.05, 0) is 33.6 Å². The summed E-state index contributed by atoms with van der Waals surface area (Å²) in [5.74, 6) is 0. The molecule has 4 heteroatoms. The first kappa shape index (κ1) is 9.96. The summed E-state index contributed by atoms with van der Waals surface area (Å²) in [6.45, 7) is -0.571. The van der Waals surface area contributed by atoms with Crippen molar-refractivity contribution in [1.29, 1.82) is 0 Å². The minimum Gasteiger partial charge on any atom is -0.322 e. The van der Waals surface area contributed by atoms with Gasteiger partial charge in [0.1, 0.15) is 6.67 Å². The fraction of sp³-hybridized carbons (Fsp3) is 0.250. The second-order valence-corrected chi connectivity index (χ2v) is 3.70. The Kier molecular flexibility index (Phi) is 3.50. The molecule has 0 aliphatic carbocycles. The van der Waals surface area contributed by atoms with Crippen molar-refractivity contribution < 1.29 is 4.39 Å². The summed E-state index contributed by atoms with van der Waals surface area (Å²) in [5.41, 5.74) is 6.18. The molecule has 66 valence electrons. The molecular formula is C8H8BrClFN. The molecule has 0 radical (unpaired) electrons. The van der Waals surface area contributed by atoms with Crippen molar-refractivity contribution in [3.63, 3.8) is 0 Å². The molecule has 0 aromatic heterocycles. The summed E-state index contributed by atoms with van der Waals surface area (Å²) in [5, 5.41) is 0.552. The number of nitrogens with two attached hydrogens (primary N) is 1. The van der Waals surface area contributed by atoms with E-state index in [1.807, 2.05) is 0 Å². The van der Waals surface area contributed by atoms with E-state index in [1.54, 1.807) is 18.2 Å². The van der Waals surface area contributed by atoms with E-state index >= 15 is 0 Å². The largest absolute Gasteiger partial charge is 0.322 e. The monoisotopic (exact) mass is 251 g/mol. The molecule has 0 unspecified atom stereocenters. The zero-order valence-electron chi connectivity index (χ0n) is 6.23. The van der Waals surface area contributed by atoms with Gasteiger partial charge in [-0.1, -0.05) is 17.7 Å². The summed E-state index contributed by atoms with van der Waals surface area (Å²) >= 11 is 9.02. The Morgan fingerprint density at radius 2 is 2.25 bits per heavy atom. The minimum atomic E-state index is -0.574. The van der Waals surface area contributed by atoms with Crippen LogP contribution in [-0.4, -0.2) is 6.67 Å². The average Bonchev–Trinajstić information content (AvgIpc) is 2.08. The molecule has 0 amide bonds. The molecule has 12 heavy (non-hydrogen) atoms. The maximum atomic E-state index is 12.1. The molecule has 0 aliphatic heterocycles. The van der Waals surface area contributed by atoms with E-state index in [4.69, 9.17) is 17.3 Å². The summed E-state index contributed by atoms with van der Waals surface area (Å²) < 4.78 is 12.9. The first-order valence-electron chi connectivity index (χ1n) is 3.41. The van der Waals surface area contributed by atoms with Gasteiger partial charge in [-0.2, -0.15) is 0 Å². The van der Waals surface area contributed by atoms with Gasteiger partial charge in [-0.3, -0.25) is 0 Å². The third-order valence-corrected chi connectivity index (χ3v) is 2.77. The molecule has 1 aromatic rings. The third-order valence-electron chi connectivity index (χ3n) is 1.54. The molecule has 1 nitrogen and oxygen atoms in total. The summed E-state index contributed by atoms with van der Waals surface area (Å²) in [6.07, 6.45) is 0. The van der Waals surface area contributed by atoms with E-state index < -0.39 is 12.7 Å². The van der Waals surface area contributed by atoms with Crippen LogP contribution in [0, 0.1) is 0 Å². The number of rotatable bonds is 2. The van der Waals surface area contributed by atoms with E-state index in [0.29, 0.717) is 10.6 Å². The van der Waals surface area contributed by atoms with Crippen LogP contribution in [0.2, 0.25) is 5.02 Å². The highest BCUT2D eigenvalue weighted by atomic mass is 79.9. The van der Waals surface area contributed by atoms with E-state index in [-0.39, 0.29) is 0 Å². The number of benzene rings is 1. The molecule has 0 fully saturated rings. The maximum Gasteiger partial charge on any atom is 0.109 e. The second kappa shape index (κ2) is 4.21. The van der Waals surface area contributed by atoms with Crippen LogP contribution in [0.25, 0.3) is 0 Å². The van der Waals surface area contributed by atoms with Gasteiger partial charge in [0.05, 0.1) is 11.1 Å². The topological polar surface area (TPSA) is 26.0 Å². The molecule has 0 bridgehead atoms. The average molecular weight is 253 g/mol. The fourth-order valence-electron chi connectivity index (χ4n) is 0.832. The first-order valence-corrected chi connectivity index (χ1v) is 4.58. The van der Waals surface area contributed by atoms with E-state index in [2.05, 4.69) is 15.9 Å². The predicted octanol–water partition coefficient (Wildman–Crippen LogP) is 3.07. The van der Waals surface area contributed by atoms with Gasteiger partial charge in [-0.25, -0.2) is 4.39 Å². The first-order chi connectivity index (χ1) is 5.65. The van der Waals surface area contributed by atoms with Crippen molar-refractivity contribution in [3.05, 3.63) is 33.3 Å². The zero-order valence-corrected chi connectivity index (χ0v) is 8.57. The molecule has 1 aromatic carbocycles. The van der Waals surface area contributed by atoms with Gasteiger partial charge in [0.15, 0.2) is 0 Å². The van der Waals surface area contributed by atoms with E-state index in [9.17, 15) is 4.39 Å². The van der Waals surface area contributed by atoms with Crippen LogP contribution in [-0.2, 0) is 0 Å². The lowest BCUT2D eigenvalue weighted by molar-refractivity contribution is 0.437. The number of halogens is 3. The molecular weight excluding hydrogens is 244 g/mol. The SMILES string of the molecule is N[C@@H](CF)c1ccc(Br)c(Cl)c1. The Hall–Kier alpha value is -0.120. The lowest BCUT2D eigenvalue weighted by Crippen LogP contribution is -2.11. The molecule has 2 N–H and O–H groups in total. The maximum absolute atomic E-state index is 12.1. The lowest BCUT2D eigenvalue weighted by atomic mass is 10.1. The van der Waals surface area contributed by atoms with Crippen molar-refractivity contribution >= 4 is 27.5 Å². The van der Waals surface area contributed by atoms with Crippen LogP contribution in [0.4, 0.5) is 4.39 Å². The Bertz CT molecular complexity index is 280. The Morgan fingerprint density at radius 1 is 1.58 bits per heavy atom. The van der Waals surface area contributed by atoms with Crippen molar-refractivity contribution in [2.75, 3.05) is 6.67 Å². The van der Waals surface area contributed by atoms with Crippen molar-refractivity contribution in [2.24, 2.45) is 5.73 Å². The molecule has 0 saturated heterocycles. The molecule has 0 heterocycles. The van der Waals surface area contributed by atoms with Gasteiger partial charge in [0, 0.05) is 4.47 Å². The van der Waals surface area contributed by atoms with Crippen LogP contribution >= 0.6 is 27.5 Å². The fourth-order valence-corrected chi connectivity index (χ4v) is 1.27.